The molecule has 1 saturated carbocycles. The van der Waals surface area contributed by atoms with E-state index in [1.807, 2.05) is 0 Å². The molecule has 0 aliphatic heterocycles. The van der Waals surface area contributed by atoms with Crippen LogP contribution in [0.1, 0.15) is 32.6 Å². The van der Waals surface area contributed by atoms with Gasteiger partial charge in [0.1, 0.15) is 0 Å². The van der Waals surface area contributed by atoms with Crippen molar-refractivity contribution < 1.29 is 0 Å². The third-order valence-corrected chi connectivity index (χ3v) is 2.49. The van der Waals surface area contributed by atoms with E-state index in [1.54, 1.807) is 0 Å². The molecule has 0 unspecified atom stereocenters. The Labute approximate surface area is 74.6 Å². The van der Waals surface area contributed by atoms with Gasteiger partial charge in [-0.1, -0.05) is 6.92 Å². The second-order valence-corrected chi connectivity index (χ2v) is 3.39. The quantitative estimate of drug-likeness (QED) is 0.488. The maximum atomic E-state index is 3.71. The summed E-state index contributed by atoms with van der Waals surface area (Å²) in [5.74, 6) is 0. The molecule has 12 heavy (non-hydrogen) atoms. The van der Waals surface area contributed by atoms with Gasteiger partial charge in [-0.25, -0.2) is 0 Å². The van der Waals surface area contributed by atoms with E-state index in [1.165, 1.54) is 25.7 Å². The molecule has 0 bridgehead atoms. The van der Waals surface area contributed by atoms with Crippen LogP contribution in [0.5, 0.6) is 0 Å². The van der Waals surface area contributed by atoms with Crippen molar-refractivity contribution in [3.63, 3.8) is 0 Å². The Morgan fingerprint density at radius 1 is 1.25 bits per heavy atom. The molecule has 0 radical (unpaired) electrons. The first-order valence-electron chi connectivity index (χ1n) is 4.81. The van der Waals surface area contributed by atoms with Crippen LogP contribution in [0.3, 0.4) is 0 Å². The van der Waals surface area contributed by atoms with E-state index >= 15 is 0 Å². The van der Waals surface area contributed by atoms with Crippen molar-refractivity contribution in [3.05, 3.63) is 0 Å². The van der Waals surface area contributed by atoms with Crippen LogP contribution < -0.4 is 10.7 Å². The fourth-order valence-corrected chi connectivity index (χ4v) is 1.84. The molecule has 0 spiro atoms. The van der Waals surface area contributed by atoms with Gasteiger partial charge in [0.05, 0.1) is 0 Å². The summed E-state index contributed by atoms with van der Waals surface area (Å²) < 4.78 is 0. The number of rotatable bonds is 4. The smallest absolute Gasteiger partial charge is 0.0441 e. The molecule has 1 fully saturated rings. The Morgan fingerprint density at radius 2 is 1.83 bits per heavy atom. The summed E-state index contributed by atoms with van der Waals surface area (Å²) in [6.07, 6.45) is 4.97. The van der Waals surface area contributed by atoms with Gasteiger partial charge in [-0.2, -0.15) is 5.10 Å². The predicted molar refractivity (Wildman–Crippen MR) is 52.4 cm³/mol. The van der Waals surface area contributed by atoms with Crippen LogP contribution in [0.25, 0.3) is 0 Å². The first-order chi connectivity index (χ1) is 5.86. The molecule has 0 aromatic rings. The minimum Gasteiger partial charge on any atom is -0.314 e. The van der Waals surface area contributed by atoms with Crippen molar-refractivity contribution in [2.24, 2.45) is 5.10 Å². The molecular weight excluding hydrogens is 150 g/mol. The lowest BCUT2D eigenvalue weighted by molar-refractivity contribution is 0.315. The molecule has 1 aliphatic carbocycles. The second-order valence-electron chi connectivity index (χ2n) is 3.39. The molecule has 0 heterocycles. The van der Waals surface area contributed by atoms with E-state index in [2.05, 4.69) is 29.5 Å². The fraction of sp³-hybridized carbons (Fsp3) is 0.889. The number of nitrogens with zero attached hydrogens (tertiary/aromatic N) is 1. The molecule has 0 atom stereocenters. The minimum atomic E-state index is 0.567. The first-order valence-corrected chi connectivity index (χ1v) is 4.81. The molecular formula is C9H19N3. The Morgan fingerprint density at radius 3 is 2.33 bits per heavy atom. The lowest BCUT2D eigenvalue weighted by atomic mass is 9.91. The van der Waals surface area contributed by atoms with Crippen LogP contribution in [-0.4, -0.2) is 25.3 Å². The summed E-state index contributed by atoms with van der Waals surface area (Å²) in [5.41, 5.74) is 3.03. The van der Waals surface area contributed by atoms with Gasteiger partial charge in [-0.15, -0.1) is 0 Å². The second kappa shape index (κ2) is 5.14. The van der Waals surface area contributed by atoms with Crippen molar-refractivity contribution in [2.75, 3.05) is 6.54 Å². The Kier molecular flexibility index (Phi) is 4.08. The van der Waals surface area contributed by atoms with E-state index in [-0.39, 0.29) is 0 Å². The largest absolute Gasteiger partial charge is 0.314 e. The molecule has 0 aromatic carbocycles. The summed E-state index contributed by atoms with van der Waals surface area (Å²) in [6, 6.07) is 1.30. The maximum absolute atomic E-state index is 3.71. The van der Waals surface area contributed by atoms with Crippen LogP contribution >= 0.6 is 0 Å². The van der Waals surface area contributed by atoms with Crippen molar-refractivity contribution in [1.82, 2.24) is 10.7 Å². The predicted octanol–water partition coefficient (Wildman–Crippen LogP) is 1.11. The zero-order valence-corrected chi connectivity index (χ0v) is 7.84. The van der Waals surface area contributed by atoms with Gasteiger partial charge in [-0.3, -0.25) is 0 Å². The molecule has 0 amide bonds. The van der Waals surface area contributed by atoms with E-state index in [9.17, 15) is 0 Å². The number of nitrogens with one attached hydrogen (secondary N) is 2. The Hall–Kier alpha value is -0.570. The number of hydrazone groups is 1. The van der Waals surface area contributed by atoms with Crippen molar-refractivity contribution in [3.8, 4) is 0 Å². The van der Waals surface area contributed by atoms with Crippen LogP contribution in [-0.2, 0) is 0 Å². The standard InChI is InChI=1S/C9H19N3/c1-3-11-8-4-6-9(7-5-8)12-10-2/h8-9,11-12H,2-7H2,1H3. The average molecular weight is 169 g/mol. The van der Waals surface area contributed by atoms with Gasteiger partial charge in [0.25, 0.3) is 0 Å². The van der Waals surface area contributed by atoms with Crippen molar-refractivity contribution >= 4 is 6.72 Å². The summed E-state index contributed by atoms with van der Waals surface area (Å²) in [4.78, 5) is 0. The monoisotopic (exact) mass is 169 g/mol. The third kappa shape index (κ3) is 2.81. The van der Waals surface area contributed by atoms with Crippen molar-refractivity contribution in [2.45, 2.75) is 44.7 Å². The van der Waals surface area contributed by atoms with Gasteiger partial charge in [0, 0.05) is 18.8 Å². The van der Waals surface area contributed by atoms with Gasteiger partial charge < -0.3 is 10.7 Å². The van der Waals surface area contributed by atoms with Gasteiger partial charge in [0.2, 0.25) is 0 Å². The zero-order valence-electron chi connectivity index (χ0n) is 7.84. The topological polar surface area (TPSA) is 36.4 Å². The molecule has 1 rings (SSSR count). The molecule has 3 heteroatoms. The van der Waals surface area contributed by atoms with Crippen LogP contribution in [0, 0.1) is 0 Å². The third-order valence-electron chi connectivity index (χ3n) is 2.49. The number of hydrogen-bond donors (Lipinski definition) is 2. The Balaban J connectivity index is 2.15. The van der Waals surface area contributed by atoms with E-state index in [0.29, 0.717) is 6.04 Å². The highest BCUT2D eigenvalue weighted by Crippen LogP contribution is 2.18. The summed E-state index contributed by atoms with van der Waals surface area (Å²) in [5, 5.41) is 7.18. The van der Waals surface area contributed by atoms with Crippen molar-refractivity contribution in [1.29, 1.82) is 0 Å². The van der Waals surface area contributed by atoms with Gasteiger partial charge in [0.15, 0.2) is 0 Å². The van der Waals surface area contributed by atoms with E-state index in [0.717, 1.165) is 12.6 Å². The lowest BCUT2D eigenvalue weighted by Gasteiger charge is -2.28. The normalized spacial score (nSPS) is 29.8. The van der Waals surface area contributed by atoms with Gasteiger partial charge >= 0.3 is 0 Å². The van der Waals surface area contributed by atoms with Crippen LogP contribution in [0.4, 0.5) is 0 Å². The summed E-state index contributed by atoms with van der Waals surface area (Å²) >= 11 is 0. The minimum absolute atomic E-state index is 0.567. The zero-order chi connectivity index (χ0) is 8.81. The molecule has 2 N–H and O–H groups in total. The first kappa shape index (κ1) is 9.52. The molecule has 0 saturated heterocycles. The Bertz CT molecular complexity index is 128. The van der Waals surface area contributed by atoms with Gasteiger partial charge in [-0.05, 0) is 32.2 Å². The summed E-state index contributed by atoms with van der Waals surface area (Å²) in [7, 11) is 0. The van der Waals surface area contributed by atoms with E-state index in [4.69, 9.17) is 0 Å². The van der Waals surface area contributed by atoms with E-state index < -0.39 is 0 Å². The SMILES string of the molecule is C=NNC1CCC(NCC)CC1. The molecule has 3 nitrogen and oxygen atoms in total. The summed E-state index contributed by atoms with van der Waals surface area (Å²) in [6.45, 7) is 6.68. The van der Waals surface area contributed by atoms with Crippen LogP contribution in [0.2, 0.25) is 0 Å². The van der Waals surface area contributed by atoms with Crippen LogP contribution in [0.15, 0.2) is 5.10 Å². The molecule has 0 aromatic heterocycles. The maximum Gasteiger partial charge on any atom is 0.0441 e. The lowest BCUT2D eigenvalue weighted by Crippen LogP contribution is -2.38. The fourth-order valence-electron chi connectivity index (χ4n) is 1.84. The highest BCUT2D eigenvalue weighted by molar-refractivity contribution is 5.22. The highest BCUT2D eigenvalue weighted by atomic mass is 15.3. The average Bonchev–Trinajstić information content (AvgIpc) is 2.09. The highest BCUT2D eigenvalue weighted by Gasteiger charge is 2.19. The number of hydrogen-bond acceptors (Lipinski definition) is 3. The molecule has 1 aliphatic rings. The molecule has 70 valence electrons.